The van der Waals surface area contributed by atoms with Crippen LogP contribution in [-0.2, 0) is 26.0 Å². The Balaban J connectivity index is 1.48. The Morgan fingerprint density at radius 1 is 1.22 bits per heavy atom. The molecule has 0 aromatic heterocycles. The Bertz CT molecular complexity index is 1130. The predicted molar refractivity (Wildman–Crippen MR) is 121 cm³/mol. The number of piperidine rings is 1. The lowest BCUT2D eigenvalue weighted by Gasteiger charge is -2.31. The number of sulfonamides is 1. The van der Waals surface area contributed by atoms with Crippen LogP contribution in [-0.4, -0.2) is 43.7 Å². The van der Waals surface area contributed by atoms with E-state index in [4.69, 9.17) is 4.74 Å². The molecule has 2 amide bonds. The molecule has 2 aliphatic heterocycles. The zero-order valence-electron chi connectivity index (χ0n) is 18.1. The van der Waals surface area contributed by atoms with Crippen LogP contribution in [0.15, 0.2) is 47.4 Å². The van der Waals surface area contributed by atoms with E-state index >= 15 is 0 Å². The number of benzene rings is 2. The molecule has 1 fully saturated rings. The largest absolute Gasteiger partial charge is 0.479 e. The first-order chi connectivity index (χ1) is 15.3. The standard InChI is InChI=1S/C23H27N3O5S/c1-3-16-6-8-18(9-7-16)24-23(28)17-5-4-12-26(14-17)32(29,30)19-10-11-21-20(13-19)25-22(27)15(2)31-21/h6-11,13,15,17H,3-5,12,14H2,1-2H3,(H,24,28)(H,25,27)/t15-,17-/m1/s1. The van der Waals surface area contributed by atoms with Gasteiger partial charge in [-0.2, -0.15) is 4.31 Å². The second-order valence-corrected chi connectivity index (χ2v) is 10.1. The van der Waals surface area contributed by atoms with Gasteiger partial charge in [-0.1, -0.05) is 19.1 Å². The molecule has 2 heterocycles. The minimum Gasteiger partial charge on any atom is -0.479 e. The van der Waals surface area contributed by atoms with Gasteiger partial charge in [0.15, 0.2) is 6.10 Å². The molecule has 2 aromatic carbocycles. The van der Waals surface area contributed by atoms with Crippen LogP contribution in [0.3, 0.4) is 0 Å². The van der Waals surface area contributed by atoms with Crippen LogP contribution in [0.4, 0.5) is 11.4 Å². The molecule has 9 heteroatoms. The monoisotopic (exact) mass is 457 g/mol. The van der Waals surface area contributed by atoms with E-state index in [2.05, 4.69) is 17.6 Å². The van der Waals surface area contributed by atoms with Crippen LogP contribution in [0.25, 0.3) is 0 Å². The Hall–Kier alpha value is -2.91. The maximum Gasteiger partial charge on any atom is 0.265 e. The summed E-state index contributed by atoms with van der Waals surface area (Å²) in [6.07, 6.45) is 1.50. The number of anilines is 2. The van der Waals surface area contributed by atoms with E-state index in [1.165, 1.54) is 22.0 Å². The Morgan fingerprint density at radius 2 is 1.97 bits per heavy atom. The summed E-state index contributed by atoms with van der Waals surface area (Å²) >= 11 is 0. The van der Waals surface area contributed by atoms with Gasteiger partial charge in [-0.05, 0) is 62.1 Å². The summed E-state index contributed by atoms with van der Waals surface area (Å²) in [6, 6.07) is 12.1. The molecule has 1 saturated heterocycles. The molecule has 2 aliphatic rings. The zero-order chi connectivity index (χ0) is 22.9. The molecular formula is C23H27N3O5S. The van der Waals surface area contributed by atoms with Crippen molar-refractivity contribution >= 4 is 33.2 Å². The van der Waals surface area contributed by atoms with Crippen molar-refractivity contribution in [3.05, 3.63) is 48.0 Å². The summed E-state index contributed by atoms with van der Waals surface area (Å²) in [5.74, 6) is -0.519. The highest BCUT2D eigenvalue weighted by molar-refractivity contribution is 7.89. The lowest BCUT2D eigenvalue weighted by molar-refractivity contribution is -0.123. The van der Waals surface area contributed by atoms with E-state index < -0.39 is 22.0 Å². The summed E-state index contributed by atoms with van der Waals surface area (Å²) < 4.78 is 33.4. The van der Waals surface area contributed by atoms with Gasteiger partial charge in [0.25, 0.3) is 5.91 Å². The van der Waals surface area contributed by atoms with E-state index in [1.54, 1.807) is 13.0 Å². The molecule has 0 aliphatic carbocycles. The fraction of sp³-hybridized carbons (Fsp3) is 0.391. The van der Waals surface area contributed by atoms with Crippen LogP contribution in [0.1, 0.15) is 32.3 Å². The van der Waals surface area contributed by atoms with Crippen LogP contribution >= 0.6 is 0 Å². The number of carbonyl (C=O) groups excluding carboxylic acids is 2. The third-order valence-corrected chi connectivity index (χ3v) is 7.77. The predicted octanol–water partition coefficient (Wildman–Crippen LogP) is 3.01. The molecule has 0 unspecified atom stereocenters. The van der Waals surface area contributed by atoms with Gasteiger partial charge in [0, 0.05) is 18.8 Å². The summed E-state index contributed by atoms with van der Waals surface area (Å²) in [5.41, 5.74) is 2.21. The average molecular weight is 458 g/mol. The molecular weight excluding hydrogens is 430 g/mol. The van der Waals surface area contributed by atoms with Crippen molar-refractivity contribution in [2.24, 2.45) is 5.92 Å². The number of rotatable bonds is 5. The van der Waals surface area contributed by atoms with E-state index in [0.717, 1.165) is 6.42 Å². The van der Waals surface area contributed by atoms with E-state index in [-0.39, 0.29) is 23.3 Å². The Labute approximate surface area is 188 Å². The van der Waals surface area contributed by atoms with Gasteiger partial charge < -0.3 is 15.4 Å². The molecule has 0 bridgehead atoms. The first kappa shape index (κ1) is 22.3. The zero-order valence-corrected chi connectivity index (χ0v) is 18.9. The van der Waals surface area contributed by atoms with Crippen molar-refractivity contribution in [2.45, 2.75) is 44.1 Å². The van der Waals surface area contributed by atoms with Gasteiger partial charge in [0.1, 0.15) is 5.75 Å². The number of nitrogens with zero attached hydrogens (tertiary/aromatic N) is 1. The molecule has 8 nitrogen and oxygen atoms in total. The number of ether oxygens (including phenoxy) is 1. The van der Waals surface area contributed by atoms with Gasteiger partial charge >= 0.3 is 0 Å². The molecule has 4 rings (SSSR count). The molecule has 170 valence electrons. The van der Waals surface area contributed by atoms with Gasteiger partial charge in [-0.15, -0.1) is 0 Å². The lowest BCUT2D eigenvalue weighted by atomic mass is 9.98. The number of amides is 2. The fourth-order valence-corrected chi connectivity index (χ4v) is 5.49. The first-order valence-electron chi connectivity index (χ1n) is 10.8. The number of hydrogen-bond acceptors (Lipinski definition) is 5. The second-order valence-electron chi connectivity index (χ2n) is 8.15. The first-order valence-corrected chi connectivity index (χ1v) is 12.2. The molecule has 0 spiro atoms. The third-order valence-electron chi connectivity index (χ3n) is 5.90. The van der Waals surface area contributed by atoms with Crippen molar-refractivity contribution in [3.63, 3.8) is 0 Å². The smallest absolute Gasteiger partial charge is 0.265 e. The van der Waals surface area contributed by atoms with E-state index in [9.17, 15) is 18.0 Å². The number of nitrogens with one attached hydrogen (secondary N) is 2. The van der Waals surface area contributed by atoms with Gasteiger partial charge in [0.05, 0.1) is 16.5 Å². The molecule has 0 saturated carbocycles. The summed E-state index contributed by atoms with van der Waals surface area (Å²) in [6.45, 7) is 4.14. The number of fused-ring (bicyclic) bond motifs is 1. The van der Waals surface area contributed by atoms with E-state index in [1.807, 2.05) is 24.3 Å². The quantitative estimate of drug-likeness (QED) is 0.718. The highest BCUT2D eigenvalue weighted by Crippen LogP contribution is 2.33. The highest BCUT2D eigenvalue weighted by atomic mass is 32.2. The highest BCUT2D eigenvalue weighted by Gasteiger charge is 2.34. The van der Waals surface area contributed by atoms with Crippen molar-refractivity contribution in [1.29, 1.82) is 0 Å². The van der Waals surface area contributed by atoms with Crippen molar-refractivity contribution in [3.8, 4) is 5.75 Å². The van der Waals surface area contributed by atoms with Crippen molar-refractivity contribution in [1.82, 2.24) is 4.31 Å². The molecule has 2 atom stereocenters. The van der Waals surface area contributed by atoms with E-state index in [0.29, 0.717) is 36.5 Å². The van der Waals surface area contributed by atoms with Crippen LogP contribution in [0, 0.1) is 5.92 Å². The van der Waals surface area contributed by atoms with Gasteiger partial charge in [0.2, 0.25) is 15.9 Å². The second kappa shape index (κ2) is 8.91. The summed E-state index contributed by atoms with van der Waals surface area (Å²) in [7, 11) is -3.83. The summed E-state index contributed by atoms with van der Waals surface area (Å²) in [5, 5.41) is 5.58. The van der Waals surface area contributed by atoms with Gasteiger partial charge in [-0.3, -0.25) is 9.59 Å². The molecule has 32 heavy (non-hydrogen) atoms. The van der Waals surface area contributed by atoms with Crippen molar-refractivity contribution < 1.29 is 22.7 Å². The van der Waals surface area contributed by atoms with Crippen LogP contribution < -0.4 is 15.4 Å². The normalized spacial score (nSPS) is 21.2. The molecule has 2 aromatic rings. The Kier molecular flexibility index (Phi) is 6.21. The average Bonchev–Trinajstić information content (AvgIpc) is 2.80. The molecule has 0 radical (unpaired) electrons. The lowest BCUT2D eigenvalue weighted by Crippen LogP contribution is -2.43. The minimum atomic E-state index is -3.83. The maximum atomic E-state index is 13.3. The number of carbonyl (C=O) groups is 2. The number of aryl methyl sites for hydroxylation is 1. The third kappa shape index (κ3) is 4.49. The fourth-order valence-electron chi connectivity index (χ4n) is 3.94. The SMILES string of the molecule is CCc1ccc(NC(=O)[C@@H]2CCCN(S(=O)(=O)c3ccc4c(c3)NC(=O)[C@@H](C)O4)C2)cc1. The number of hydrogen-bond donors (Lipinski definition) is 2. The van der Waals surface area contributed by atoms with Crippen LogP contribution in [0.5, 0.6) is 5.75 Å². The molecule has 2 N–H and O–H groups in total. The maximum absolute atomic E-state index is 13.3. The van der Waals surface area contributed by atoms with Gasteiger partial charge in [-0.25, -0.2) is 8.42 Å². The Morgan fingerprint density at radius 3 is 2.69 bits per heavy atom. The summed E-state index contributed by atoms with van der Waals surface area (Å²) in [4.78, 5) is 24.7. The van der Waals surface area contributed by atoms with Crippen LogP contribution in [0.2, 0.25) is 0 Å². The minimum absolute atomic E-state index is 0.0610. The topological polar surface area (TPSA) is 105 Å². The van der Waals surface area contributed by atoms with Crippen molar-refractivity contribution in [2.75, 3.05) is 23.7 Å².